The first-order chi connectivity index (χ1) is 10.8. The van der Waals surface area contributed by atoms with E-state index < -0.39 is 17.3 Å². The fourth-order valence-corrected chi connectivity index (χ4v) is 3.03. The van der Waals surface area contributed by atoms with Gasteiger partial charge in [-0.1, -0.05) is 5.92 Å². The molecular formula is C17H13F3N2O. The normalized spacial score (nSPS) is 12.0. The molecule has 0 fully saturated rings. The Morgan fingerprint density at radius 1 is 1.26 bits per heavy atom. The van der Waals surface area contributed by atoms with E-state index >= 15 is 0 Å². The SMILES string of the molecule is C#CCn1c(C)c(C)c2c3c(C(F)(F)F)cc(=O)[nH]c3ccc21. The zero-order valence-electron chi connectivity index (χ0n) is 12.5. The number of hydrogen-bond donors (Lipinski definition) is 1. The molecule has 0 aliphatic carbocycles. The van der Waals surface area contributed by atoms with Crippen LogP contribution in [0.15, 0.2) is 23.0 Å². The molecule has 118 valence electrons. The highest BCUT2D eigenvalue weighted by Crippen LogP contribution is 2.39. The monoisotopic (exact) mass is 318 g/mol. The lowest BCUT2D eigenvalue weighted by Gasteiger charge is -2.11. The molecule has 3 nitrogen and oxygen atoms in total. The molecule has 0 saturated carbocycles. The van der Waals surface area contributed by atoms with E-state index in [0.717, 1.165) is 11.3 Å². The van der Waals surface area contributed by atoms with Crippen LogP contribution < -0.4 is 5.56 Å². The van der Waals surface area contributed by atoms with Crippen molar-refractivity contribution >= 4 is 21.8 Å². The number of benzene rings is 1. The number of terminal acetylenes is 1. The van der Waals surface area contributed by atoms with Crippen molar-refractivity contribution < 1.29 is 13.2 Å². The summed E-state index contributed by atoms with van der Waals surface area (Å²) in [5.74, 6) is 2.52. The van der Waals surface area contributed by atoms with Gasteiger partial charge >= 0.3 is 6.18 Å². The molecule has 0 aliphatic rings. The van der Waals surface area contributed by atoms with E-state index in [2.05, 4.69) is 10.9 Å². The maximum Gasteiger partial charge on any atom is 0.417 e. The van der Waals surface area contributed by atoms with Gasteiger partial charge in [0.15, 0.2) is 0 Å². The summed E-state index contributed by atoms with van der Waals surface area (Å²) in [6.07, 6.45) is 0.747. The molecule has 0 spiro atoms. The molecule has 0 bridgehead atoms. The summed E-state index contributed by atoms with van der Waals surface area (Å²) in [5.41, 5.74) is 0.619. The van der Waals surface area contributed by atoms with Crippen LogP contribution in [0.1, 0.15) is 16.8 Å². The third-order valence-electron chi connectivity index (χ3n) is 4.15. The number of aromatic amines is 1. The topological polar surface area (TPSA) is 37.8 Å². The number of halogens is 3. The van der Waals surface area contributed by atoms with Crippen molar-refractivity contribution in [3.63, 3.8) is 0 Å². The lowest BCUT2D eigenvalue weighted by Crippen LogP contribution is -2.14. The van der Waals surface area contributed by atoms with Crippen LogP contribution in [-0.4, -0.2) is 9.55 Å². The van der Waals surface area contributed by atoms with Gasteiger partial charge in [-0.05, 0) is 31.5 Å². The molecule has 1 N–H and O–H groups in total. The van der Waals surface area contributed by atoms with E-state index in [0.29, 0.717) is 17.0 Å². The highest BCUT2D eigenvalue weighted by atomic mass is 19.4. The van der Waals surface area contributed by atoms with Crippen LogP contribution in [-0.2, 0) is 12.7 Å². The number of pyridine rings is 1. The number of hydrogen-bond acceptors (Lipinski definition) is 1. The molecule has 0 saturated heterocycles. The van der Waals surface area contributed by atoms with Crippen molar-refractivity contribution in [3.8, 4) is 12.3 Å². The third kappa shape index (κ3) is 2.20. The highest BCUT2D eigenvalue weighted by molar-refractivity contribution is 6.09. The van der Waals surface area contributed by atoms with Crippen LogP contribution in [0.3, 0.4) is 0 Å². The fourth-order valence-electron chi connectivity index (χ4n) is 3.03. The second kappa shape index (κ2) is 4.92. The van der Waals surface area contributed by atoms with Gasteiger partial charge in [-0.25, -0.2) is 0 Å². The van der Waals surface area contributed by atoms with Crippen molar-refractivity contribution in [3.05, 3.63) is 45.4 Å². The number of fused-ring (bicyclic) bond motifs is 3. The minimum absolute atomic E-state index is 0.00553. The number of aryl methyl sites for hydroxylation is 1. The van der Waals surface area contributed by atoms with Gasteiger partial charge < -0.3 is 9.55 Å². The molecule has 0 unspecified atom stereocenters. The van der Waals surface area contributed by atoms with E-state index in [1.54, 1.807) is 17.6 Å². The van der Waals surface area contributed by atoms with Crippen LogP contribution in [0.25, 0.3) is 21.8 Å². The molecule has 3 rings (SSSR count). The molecule has 1 aromatic carbocycles. The Labute approximate surface area is 129 Å². The molecule has 2 heterocycles. The Morgan fingerprint density at radius 3 is 2.57 bits per heavy atom. The largest absolute Gasteiger partial charge is 0.417 e. The zero-order chi connectivity index (χ0) is 16.9. The summed E-state index contributed by atoms with van der Waals surface area (Å²) in [5, 5.41) is 0.477. The molecule has 23 heavy (non-hydrogen) atoms. The van der Waals surface area contributed by atoms with Crippen molar-refractivity contribution in [1.82, 2.24) is 9.55 Å². The molecule has 3 aromatic rings. The Morgan fingerprint density at radius 2 is 1.96 bits per heavy atom. The Bertz CT molecular complexity index is 1030. The Kier molecular flexibility index (Phi) is 3.25. The Hall–Kier alpha value is -2.68. The smallest absolute Gasteiger partial charge is 0.333 e. The average Bonchev–Trinajstić information content (AvgIpc) is 2.71. The number of rotatable bonds is 1. The van der Waals surface area contributed by atoms with Gasteiger partial charge in [-0.2, -0.15) is 13.2 Å². The number of nitrogens with one attached hydrogen (secondary N) is 1. The summed E-state index contributed by atoms with van der Waals surface area (Å²) >= 11 is 0. The van der Waals surface area contributed by atoms with Crippen molar-refractivity contribution in [1.29, 1.82) is 0 Å². The van der Waals surface area contributed by atoms with Gasteiger partial charge in [0, 0.05) is 28.0 Å². The number of aromatic nitrogens is 2. The van der Waals surface area contributed by atoms with Crippen LogP contribution in [0.2, 0.25) is 0 Å². The first-order valence-corrected chi connectivity index (χ1v) is 6.91. The van der Waals surface area contributed by atoms with E-state index in [-0.39, 0.29) is 17.4 Å². The van der Waals surface area contributed by atoms with Crippen LogP contribution >= 0.6 is 0 Å². The van der Waals surface area contributed by atoms with Crippen molar-refractivity contribution in [2.75, 3.05) is 0 Å². The molecular weight excluding hydrogens is 305 g/mol. The van der Waals surface area contributed by atoms with Gasteiger partial charge in [0.05, 0.1) is 17.6 Å². The predicted molar refractivity (Wildman–Crippen MR) is 83.4 cm³/mol. The Balaban J connectivity index is 2.61. The van der Waals surface area contributed by atoms with Crippen LogP contribution in [0.4, 0.5) is 13.2 Å². The van der Waals surface area contributed by atoms with Gasteiger partial charge in [-0.3, -0.25) is 4.79 Å². The molecule has 0 aliphatic heterocycles. The van der Waals surface area contributed by atoms with Crippen molar-refractivity contribution in [2.45, 2.75) is 26.6 Å². The second-order valence-electron chi connectivity index (χ2n) is 5.43. The molecule has 6 heteroatoms. The van der Waals surface area contributed by atoms with E-state index in [9.17, 15) is 18.0 Å². The molecule has 2 aromatic heterocycles. The molecule has 0 amide bonds. The van der Waals surface area contributed by atoms with Crippen molar-refractivity contribution in [2.24, 2.45) is 0 Å². The first-order valence-electron chi connectivity index (χ1n) is 6.91. The summed E-state index contributed by atoms with van der Waals surface area (Å²) in [6.45, 7) is 3.85. The minimum Gasteiger partial charge on any atom is -0.333 e. The first kappa shape index (κ1) is 15.2. The lowest BCUT2D eigenvalue weighted by atomic mass is 10.0. The van der Waals surface area contributed by atoms with Gasteiger partial charge in [0.2, 0.25) is 5.56 Å². The summed E-state index contributed by atoms with van der Waals surface area (Å²) in [4.78, 5) is 14.0. The van der Waals surface area contributed by atoms with E-state index in [4.69, 9.17) is 6.42 Å². The van der Waals surface area contributed by atoms with Gasteiger partial charge in [0.1, 0.15) is 0 Å². The van der Waals surface area contributed by atoms with Gasteiger partial charge in [-0.15, -0.1) is 6.42 Å². The fraction of sp³-hybridized carbons (Fsp3) is 0.235. The third-order valence-corrected chi connectivity index (χ3v) is 4.15. The van der Waals surface area contributed by atoms with Crippen LogP contribution in [0, 0.1) is 26.2 Å². The average molecular weight is 318 g/mol. The van der Waals surface area contributed by atoms with E-state index in [1.807, 2.05) is 6.92 Å². The summed E-state index contributed by atoms with van der Waals surface area (Å²) in [7, 11) is 0. The standard InChI is InChI=1S/C17H13F3N2O/c1-4-7-22-10(3)9(2)15-13(22)6-5-12-16(15)11(17(18,19)20)8-14(23)21-12/h1,5-6,8H,7H2,2-3H3,(H,21,23). The molecule has 0 atom stereocenters. The predicted octanol–water partition coefficient (Wildman–Crippen LogP) is 3.75. The maximum atomic E-state index is 13.4. The zero-order valence-corrected chi connectivity index (χ0v) is 12.5. The van der Waals surface area contributed by atoms with E-state index in [1.165, 1.54) is 6.07 Å². The lowest BCUT2D eigenvalue weighted by molar-refractivity contribution is -0.136. The highest BCUT2D eigenvalue weighted by Gasteiger charge is 2.34. The van der Waals surface area contributed by atoms with Crippen LogP contribution in [0.5, 0.6) is 0 Å². The quantitative estimate of drug-likeness (QED) is 0.682. The van der Waals surface area contributed by atoms with Gasteiger partial charge in [0.25, 0.3) is 0 Å². The number of alkyl halides is 3. The molecule has 0 radical (unpaired) electrons. The minimum atomic E-state index is -4.62. The summed E-state index contributed by atoms with van der Waals surface area (Å²) < 4.78 is 42.1. The maximum absolute atomic E-state index is 13.4. The second-order valence-corrected chi connectivity index (χ2v) is 5.43. The number of nitrogens with zero attached hydrogens (tertiary/aromatic N) is 1. The summed E-state index contributed by atoms with van der Waals surface area (Å²) in [6, 6.07) is 3.78. The number of H-pyrrole nitrogens is 1.